The van der Waals surface area contributed by atoms with Crippen LogP contribution in [0.3, 0.4) is 0 Å². The maximum absolute atomic E-state index is 13.9. The van der Waals surface area contributed by atoms with E-state index in [1.165, 1.54) is 17.8 Å². The van der Waals surface area contributed by atoms with E-state index in [0.717, 1.165) is 54.1 Å². The molecule has 226 valence electrons. The third-order valence-corrected chi connectivity index (χ3v) is 10.5. The molecule has 2 aliphatic rings. The Hall–Kier alpha value is -3.08. The number of ether oxygens (including phenoxy) is 1. The number of rotatable bonds is 11. The Labute approximate surface area is 252 Å². The van der Waals surface area contributed by atoms with Crippen LogP contribution in [-0.4, -0.2) is 62.9 Å². The molecule has 3 aromatic rings. The van der Waals surface area contributed by atoms with Crippen molar-refractivity contribution in [1.29, 1.82) is 0 Å². The van der Waals surface area contributed by atoms with Gasteiger partial charge in [0.1, 0.15) is 6.10 Å². The number of anilines is 1. The zero-order valence-electron chi connectivity index (χ0n) is 24.1. The first-order valence-electron chi connectivity index (χ1n) is 14.7. The molecule has 1 fully saturated rings. The van der Waals surface area contributed by atoms with Crippen LogP contribution in [-0.2, 0) is 38.9 Å². The van der Waals surface area contributed by atoms with Gasteiger partial charge in [-0.3, -0.25) is 13.9 Å². The van der Waals surface area contributed by atoms with Gasteiger partial charge < -0.3 is 19.9 Å². The molecule has 1 aliphatic heterocycles. The lowest BCUT2D eigenvalue weighted by molar-refractivity contribution is -0.134. The molecule has 5 rings (SSSR count). The van der Waals surface area contributed by atoms with Crippen molar-refractivity contribution in [1.82, 2.24) is 15.2 Å². The molecule has 9 nitrogen and oxygen atoms in total. The van der Waals surface area contributed by atoms with Crippen molar-refractivity contribution in [3.63, 3.8) is 0 Å². The number of carbonyl (C=O) groups is 2. The number of aromatic nitrogens is 1. The highest BCUT2D eigenvalue weighted by atomic mass is 35.5. The summed E-state index contributed by atoms with van der Waals surface area (Å²) in [5, 5.41) is 8.10. The van der Waals surface area contributed by atoms with Crippen LogP contribution in [0, 0.1) is 0 Å². The number of sulfonamides is 1. The third-order valence-electron chi connectivity index (χ3n) is 8.58. The number of nitrogens with one attached hydrogen (secondary N) is 2. The van der Waals surface area contributed by atoms with Crippen molar-refractivity contribution in [2.24, 2.45) is 0 Å². The summed E-state index contributed by atoms with van der Waals surface area (Å²) in [6.07, 6.45) is 8.17. The van der Waals surface area contributed by atoms with Gasteiger partial charge in [-0.15, -0.1) is 0 Å². The minimum absolute atomic E-state index is 0.0208. The maximum Gasteiger partial charge on any atom is 0.293 e. The number of hydrogen-bond donors (Lipinski definition) is 2. The lowest BCUT2D eigenvalue weighted by Crippen LogP contribution is -2.51. The van der Waals surface area contributed by atoms with Gasteiger partial charge in [0.05, 0.1) is 23.0 Å². The van der Waals surface area contributed by atoms with E-state index >= 15 is 0 Å². The Balaban J connectivity index is 1.48. The van der Waals surface area contributed by atoms with Gasteiger partial charge >= 0.3 is 0 Å². The van der Waals surface area contributed by atoms with Gasteiger partial charge in [0.25, 0.3) is 12.4 Å². The van der Waals surface area contributed by atoms with E-state index in [2.05, 4.69) is 10.6 Å². The van der Waals surface area contributed by atoms with Crippen molar-refractivity contribution >= 4 is 50.6 Å². The minimum Gasteiger partial charge on any atom is -0.461 e. The number of hydrogen-bond acceptors (Lipinski definition) is 6. The Morgan fingerprint density at radius 1 is 1.19 bits per heavy atom. The van der Waals surface area contributed by atoms with Gasteiger partial charge in [-0.25, -0.2) is 8.42 Å². The standard InChI is InChI=1S/C31H39ClN4O5S/c1-3-22-19-36-12-13-42(39,40)35(2)28-17-23(16-26(22)30(28)36)31(38)34-27(15-21-8-7-9-24(32)14-21)29(41-20-37)18-33-25-10-5-4-6-11-25/h7-9,14,16-17,19-20,25,27,29,33H,3-6,10-13,15,18H2,1-2H3,(H,34,38)/t27-,29+/m0/s1. The first-order chi connectivity index (χ1) is 20.2. The number of halogens is 1. The van der Waals surface area contributed by atoms with Gasteiger partial charge in [0, 0.05) is 48.3 Å². The molecule has 2 atom stereocenters. The second kappa shape index (κ2) is 13.1. The molecule has 0 bridgehead atoms. The molecule has 1 saturated carbocycles. The summed E-state index contributed by atoms with van der Waals surface area (Å²) in [6, 6.07) is 10.6. The quantitative estimate of drug-likeness (QED) is 0.309. The molecule has 2 aromatic carbocycles. The van der Waals surface area contributed by atoms with Crippen LogP contribution in [0.1, 0.15) is 60.5 Å². The lowest BCUT2D eigenvalue weighted by atomic mass is 9.94. The SMILES string of the molecule is CCc1cn2c3c(cc(C(=O)N[C@@H](Cc4cccc(Cl)c4)[C@@H](CNC4CCCCC4)OC=O)cc13)N(C)S(=O)(=O)CC2. The first kappa shape index (κ1) is 30.4. The molecule has 11 heteroatoms. The Kier molecular flexibility index (Phi) is 9.44. The highest BCUT2D eigenvalue weighted by molar-refractivity contribution is 7.92. The second-order valence-corrected chi connectivity index (χ2v) is 13.9. The van der Waals surface area contributed by atoms with Crippen LogP contribution < -0.4 is 14.9 Å². The molecular formula is C31H39ClN4O5S. The monoisotopic (exact) mass is 614 g/mol. The molecular weight excluding hydrogens is 576 g/mol. The van der Waals surface area contributed by atoms with Crippen molar-refractivity contribution < 1.29 is 22.7 Å². The fourth-order valence-corrected chi connectivity index (χ4v) is 7.56. The fraction of sp³-hybridized carbons (Fsp3) is 0.484. The van der Waals surface area contributed by atoms with Gasteiger partial charge in [-0.2, -0.15) is 0 Å². The summed E-state index contributed by atoms with van der Waals surface area (Å²) >= 11 is 6.27. The molecule has 0 unspecified atom stereocenters. The van der Waals surface area contributed by atoms with Crippen LogP contribution in [0.4, 0.5) is 5.69 Å². The van der Waals surface area contributed by atoms with Crippen LogP contribution in [0.25, 0.3) is 10.9 Å². The van der Waals surface area contributed by atoms with Gasteiger partial charge in [0.15, 0.2) is 0 Å². The van der Waals surface area contributed by atoms with Crippen LogP contribution >= 0.6 is 11.6 Å². The van der Waals surface area contributed by atoms with Crippen LogP contribution in [0.15, 0.2) is 42.6 Å². The summed E-state index contributed by atoms with van der Waals surface area (Å²) in [5.74, 6) is -0.394. The van der Waals surface area contributed by atoms with E-state index in [-0.39, 0.29) is 11.7 Å². The summed E-state index contributed by atoms with van der Waals surface area (Å²) in [7, 11) is -2.01. The summed E-state index contributed by atoms with van der Waals surface area (Å²) in [6.45, 7) is 3.21. The minimum atomic E-state index is -3.55. The molecule has 2 N–H and O–H groups in total. The number of nitrogens with zero attached hydrogens (tertiary/aromatic N) is 2. The smallest absolute Gasteiger partial charge is 0.293 e. The molecule has 2 heterocycles. The van der Waals surface area contributed by atoms with Gasteiger partial charge in [-0.05, 0) is 61.1 Å². The van der Waals surface area contributed by atoms with Crippen molar-refractivity contribution in [2.75, 3.05) is 23.7 Å². The lowest BCUT2D eigenvalue weighted by Gasteiger charge is -2.30. The van der Waals surface area contributed by atoms with Crippen LogP contribution in [0.2, 0.25) is 5.02 Å². The number of amides is 1. The van der Waals surface area contributed by atoms with Gasteiger partial charge in [-0.1, -0.05) is 49.9 Å². The summed E-state index contributed by atoms with van der Waals surface area (Å²) in [4.78, 5) is 25.6. The highest BCUT2D eigenvalue weighted by Gasteiger charge is 2.30. The van der Waals surface area contributed by atoms with E-state index in [1.54, 1.807) is 12.1 Å². The zero-order valence-corrected chi connectivity index (χ0v) is 25.7. The normalized spacial score (nSPS) is 18.3. The Bertz CT molecular complexity index is 1550. The molecule has 42 heavy (non-hydrogen) atoms. The number of aryl methyl sites for hydroxylation is 2. The van der Waals surface area contributed by atoms with Crippen molar-refractivity contribution in [2.45, 2.75) is 76.6 Å². The van der Waals surface area contributed by atoms with Crippen molar-refractivity contribution in [3.05, 3.63) is 64.3 Å². The topological polar surface area (TPSA) is 110 Å². The van der Waals surface area contributed by atoms with E-state index in [4.69, 9.17) is 16.3 Å². The Morgan fingerprint density at radius 2 is 1.98 bits per heavy atom. The summed E-state index contributed by atoms with van der Waals surface area (Å²) < 4.78 is 34.8. The number of benzene rings is 2. The Morgan fingerprint density at radius 3 is 2.69 bits per heavy atom. The van der Waals surface area contributed by atoms with E-state index < -0.39 is 22.2 Å². The molecule has 1 amide bonds. The predicted molar refractivity (Wildman–Crippen MR) is 166 cm³/mol. The average Bonchev–Trinajstić information content (AvgIpc) is 3.31. The fourth-order valence-electron chi connectivity index (χ4n) is 6.21. The summed E-state index contributed by atoms with van der Waals surface area (Å²) in [5.41, 5.74) is 3.56. The van der Waals surface area contributed by atoms with E-state index in [0.29, 0.717) is 48.3 Å². The third kappa shape index (κ3) is 6.61. The predicted octanol–water partition coefficient (Wildman–Crippen LogP) is 4.44. The molecule has 1 aromatic heterocycles. The van der Waals surface area contributed by atoms with Gasteiger partial charge in [0.2, 0.25) is 10.0 Å². The molecule has 0 spiro atoms. The number of carbonyl (C=O) groups excluding carboxylic acids is 2. The first-order valence-corrected chi connectivity index (χ1v) is 16.7. The molecule has 0 radical (unpaired) electrons. The largest absolute Gasteiger partial charge is 0.461 e. The van der Waals surface area contributed by atoms with E-state index in [9.17, 15) is 18.0 Å². The second-order valence-electron chi connectivity index (χ2n) is 11.3. The molecule has 1 aliphatic carbocycles. The van der Waals surface area contributed by atoms with Crippen molar-refractivity contribution in [3.8, 4) is 0 Å². The molecule has 0 saturated heterocycles. The average molecular weight is 615 g/mol. The zero-order chi connectivity index (χ0) is 29.9. The highest BCUT2D eigenvalue weighted by Crippen LogP contribution is 2.35. The van der Waals surface area contributed by atoms with Crippen LogP contribution in [0.5, 0.6) is 0 Å². The maximum atomic E-state index is 13.9. The van der Waals surface area contributed by atoms with E-state index in [1.807, 2.05) is 42.0 Å².